The van der Waals surface area contributed by atoms with Crippen LogP contribution in [0.4, 0.5) is 10.5 Å². The fourth-order valence-corrected chi connectivity index (χ4v) is 6.48. The maximum absolute atomic E-state index is 13.0. The van der Waals surface area contributed by atoms with Crippen molar-refractivity contribution in [2.75, 3.05) is 11.1 Å². The third-order valence-electron chi connectivity index (χ3n) is 8.13. The zero-order chi connectivity index (χ0) is 33.3. The van der Waals surface area contributed by atoms with Crippen LogP contribution in [-0.2, 0) is 27.3 Å². The molecule has 1 aliphatic rings. The van der Waals surface area contributed by atoms with Gasteiger partial charge in [0, 0.05) is 27.8 Å². The molecule has 4 aromatic rings. The minimum atomic E-state index is -0.971. The van der Waals surface area contributed by atoms with Crippen molar-refractivity contribution in [2.45, 2.75) is 56.3 Å². The first-order valence-corrected chi connectivity index (χ1v) is 16.4. The van der Waals surface area contributed by atoms with E-state index in [0.717, 1.165) is 21.6 Å². The van der Waals surface area contributed by atoms with Crippen molar-refractivity contribution in [3.63, 3.8) is 0 Å². The SMILES string of the molecule is CC(=O)[C@@H](Cc1ccccc1)NC(=O)Nc1cccc(C2O[C@H](CSc3ccc(C(=O)O)cc3)[C@H](C)[C@H](c3ccc(CO)cc3)O2)c1. The molecule has 1 aliphatic heterocycles. The van der Waals surface area contributed by atoms with Crippen LogP contribution in [0.3, 0.4) is 0 Å². The topological polar surface area (TPSA) is 134 Å². The van der Waals surface area contributed by atoms with E-state index in [2.05, 4.69) is 17.6 Å². The maximum atomic E-state index is 13.0. The Balaban J connectivity index is 1.32. The van der Waals surface area contributed by atoms with Crippen LogP contribution in [-0.4, -0.2) is 45.9 Å². The summed E-state index contributed by atoms with van der Waals surface area (Å²) < 4.78 is 13.1. The Bertz CT molecular complexity index is 1660. The molecular formula is C37H38N2O7S. The fourth-order valence-electron chi connectivity index (χ4n) is 5.42. The van der Waals surface area contributed by atoms with Crippen LogP contribution in [0, 0.1) is 5.92 Å². The van der Waals surface area contributed by atoms with Crippen LogP contribution in [0.5, 0.6) is 0 Å². The molecule has 4 aromatic carbocycles. The van der Waals surface area contributed by atoms with Gasteiger partial charge in [0.1, 0.15) is 0 Å². The molecule has 10 heteroatoms. The van der Waals surface area contributed by atoms with Gasteiger partial charge < -0.3 is 30.3 Å². The molecule has 1 unspecified atom stereocenters. The van der Waals surface area contributed by atoms with Gasteiger partial charge in [-0.05, 0) is 66.4 Å². The molecule has 0 aromatic heterocycles. The van der Waals surface area contributed by atoms with E-state index in [-0.39, 0.29) is 36.1 Å². The Hall–Kier alpha value is -4.48. The smallest absolute Gasteiger partial charge is 0.335 e. The largest absolute Gasteiger partial charge is 0.478 e. The van der Waals surface area contributed by atoms with E-state index in [9.17, 15) is 24.6 Å². The predicted octanol–water partition coefficient (Wildman–Crippen LogP) is 6.78. The highest BCUT2D eigenvalue weighted by Gasteiger charge is 2.38. The lowest BCUT2D eigenvalue weighted by atomic mass is 9.91. The van der Waals surface area contributed by atoms with Gasteiger partial charge in [-0.15, -0.1) is 11.8 Å². The zero-order valence-corrected chi connectivity index (χ0v) is 27.0. The third kappa shape index (κ3) is 9.08. The molecule has 47 heavy (non-hydrogen) atoms. The number of amides is 2. The molecule has 9 nitrogen and oxygen atoms in total. The van der Waals surface area contributed by atoms with E-state index < -0.39 is 24.3 Å². The van der Waals surface area contributed by atoms with Gasteiger partial charge in [-0.3, -0.25) is 4.79 Å². The fraction of sp³-hybridized carbons (Fsp3) is 0.270. The lowest BCUT2D eigenvalue weighted by Gasteiger charge is -2.41. The van der Waals surface area contributed by atoms with Crippen molar-refractivity contribution >= 4 is 35.2 Å². The van der Waals surface area contributed by atoms with Crippen molar-refractivity contribution in [3.8, 4) is 0 Å². The average Bonchev–Trinajstić information content (AvgIpc) is 3.08. The lowest BCUT2D eigenvalue weighted by molar-refractivity contribution is -0.268. The maximum Gasteiger partial charge on any atom is 0.335 e. The Morgan fingerprint density at radius 3 is 2.23 bits per heavy atom. The second-order valence-corrected chi connectivity index (χ2v) is 12.6. The summed E-state index contributed by atoms with van der Waals surface area (Å²) >= 11 is 1.57. The number of nitrogens with one attached hydrogen (secondary N) is 2. The monoisotopic (exact) mass is 654 g/mol. The van der Waals surface area contributed by atoms with Gasteiger partial charge in [0.25, 0.3) is 0 Å². The molecule has 0 saturated carbocycles. The molecule has 5 atom stereocenters. The first kappa shape index (κ1) is 33.9. The first-order valence-electron chi connectivity index (χ1n) is 15.4. The van der Waals surface area contributed by atoms with Crippen LogP contribution in [0.15, 0.2) is 108 Å². The number of hydrogen-bond donors (Lipinski definition) is 4. The van der Waals surface area contributed by atoms with Gasteiger partial charge in [-0.1, -0.05) is 73.7 Å². The van der Waals surface area contributed by atoms with Crippen molar-refractivity contribution in [2.24, 2.45) is 5.92 Å². The van der Waals surface area contributed by atoms with Gasteiger partial charge >= 0.3 is 12.0 Å². The van der Waals surface area contributed by atoms with E-state index >= 15 is 0 Å². The number of aromatic carboxylic acids is 1. The Kier molecular flexibility index (Phi) is 11.4. The highest BCUT2D eigenvalue weighted by Crippen LogP contribution is 2.43. The minimum Gasteiger partial charge on any atom is -0.478 e. The lowest BCUT2D eigenvalue weighted by Crippen LogP contribution is -2.43. The number of rotatable bonds is 12. The van der Waals surface area contributed by atoms with E-state index in [4.69, 9.17) is 9.47 Å². The second-order valence-electron chi connectivity index (χ2n) is 11.5. The Labute approximate surface area is 278 Å². The first-order chi connectivity index (χ1) is 22.7. The number of aliphatic hydroxyl groups excluding tert-OH is 1. The van der Waals surface area contributed by atoms with Gasteiger partial charge in [-0.25, -0.2) is 9.59 Å². The summed E-state index contributed by atoms with van der Waals surface area (Å²) in [5.41, 5.74) is 4.15. The molecule has 1 saturated heterocycles. The normalized spacial score (nSPS) is 19.8. The third-order valence-corrected chi connectivity index (χ3v) is 9.23. The molecule has 5 rings (SSSR count). The van der Waals surface area contributed by atoms with Crippen LogP contribution in [0.2, 0.25) is 0 Å². The zero-order valence-electron chi connectivity index (χ0n) is 26.2. The van der Waals surface area contributed by atoms with E-state index in [1.54, 1.807) is 54.2 Å². The number of benzene rings is 4. The predicted molar refractivity (Wildman–Crippen MR) is 180 cm³/mol. The summed E-state index contributed by atoms with van der Waals surface area (Å²) in [6.45, 7) is 3.48. The molecule has 2 amide bonds. The highest BCUT2D eigenvalue weighted by atomic mass is 32.2. The molecule has 1 fully saturated rings. The highest BCUT2D eigenvalue weighted by molar-refractivity contribution is 7.99. The van der Waals surface area contributed by atoms with Crippen LogP contribution in [0.25, 0.3) is 0 Å². The van der Waals surface area contributed by atoms with E-state index in [1.807, 2.05) is 60.7 Å². The summed E-state index contributed by atoms with van der Waals surface area (Å²) in [6, 6.07) is 30.0. The molecule has 0 radical (unpaired) electrons. The summed E-state index contributed by atoms with van der Waals surface area (Å²) in [7, 11) is 0. The van der Waals surface area contributed by atoms with Crippen molar-refractivity contribution in [1.82, 2.24) is 5.32 Å². The standard InChI is InChI=1S/C37H38N2O7S/c1-23-33(22-47-31-17-15-28(16-18-31)35(42)43)45-36(46-34(23)27-13-11-26(21-40)12-14-27)29-9-6-10-30(20-29)38-37(44)39-32(24(2)41)19-25-7-4-3-5-8-25/h3-18,20,23,32-34,36,40H,19,21-22H2,1-2H3,(H,42,43)(H2,38,39,44)/t23-,32+,33+,34+,36?/m0/s1. The van der Waals surface area contributed by atoms with E-state index in [0.29, 0.717) is 23.4 Å². The van der Waals surface area contributed by atoms with Gasteiger partial charge in [-0.2, -0.15) is 0 Å². The van der Waals surface area contributed by atoms with Gasteiger partial charge in [0.15, 0.2) is 12.1 Å². The summed E-state index contributed by atoms with van der Waals surface area (Å²) in [5, 5.41) is 24.4. The van der Waals surface area contributed by atoms with Crippen LogP contribution >= 0.6 is 11.8 Å². The Morgan fingerprint density at radius 1 is 0.851 bits per heavy atom. The van der Waals surface area contributed by atoms with Gasteiger partial charge in [0.05, 0.1) is 30.4 Å². The number of Topliss-reactive ketones (excluding diaryl/α,β-unsaturated/α-hetero) is 1. The van der Waals surface area contributed by atoms with Crippen molar-refractivity contribution in [1.29, 1.82) is 0 Å². The van der Waals surface area contributed by atoms with E-state index in [1.165, 1.54) is 6.92 Å². The summed E-state index contributed by atoms with van der Waals surface area (Å²) in [4.78, 5) is 37.5. The number of carboxylic acid groups (broad SMARTS) is 1. The molecule has 0 aliphatic carbocycles. The average molecular weight is 655 g/mol. The summed E-state index contributed by atoms with van der Waals surface area (Å²) in [5.74, 6) is -0.568. The number of ketones is 1. The molecule has 244 valence electrons. The second kappa shape index (κ2) is 15.9. The molecule has 4 N–H and O–H groups in total. The molecule has 0 bridgehead atoms. The molecule has 1 heterocycles. The number of ether oxygens (including phenoxy) is 2. The number of urea groups is 1. The Morgan fingerprint density at radius 2 is 1.57 bits per heavy atom. The molecule has 0 spiro atoms. The van der Waals surface area contributed by atoms with Crippen molar-refractivity contribution in [3.05, 3.63) is 131 Å². The molecular weight excluding hydrogens is 616 g/mol. The minimum absolute atomic E-state index is 0.0442. The number of hydrogen-bond acceptors (Lipinski definition) is 7. The number of carboxylic acids is 1. The number of carbonyl (C=O) groups is 3. The number of carbonyl (C=O) groups excluding carboxylic acids is 2. The summed E-state index contributed by atoms with van der Waals surface area (Å²) in [6.07, 6.45) is -0.929. The number of aliphatic hydroxyl groups is 1. The van der Waals surface area contributed by atoms with Crippen molar-refractivity contribution < 1.29 is 34.1 Å². The van der Waals surface area contributed by atoms with Gasteiger partial charge in [0.2, 0.25) is 0 Å². The van der Waals surface area contributed by atoms with Crippen LogP contribution in [0.1, 0.15) is 58.9 Å². The quantitative estimate of drug-likeness (QED) is 0.123. The number of anilines is 1. The van der Waals surface area contributed by atoms with Crippen LogP contribution < -0.4 is 10.6 Å². The number of thioether (sulfide) groups is 1.